The highest BCUT2D eigenvalue weighted by Crippen LogP contribution is 2.31. The number of unbranched alkanes of at least 4 members (excludes halogenated alkanes) is 1. The number of hydrogen-bond acceptors (Lipinski definition) is 3. The average molecular weight is 441 g/mol. The Morgan fingerprint density at radius 3 is 2.41 bits per heavy atom. The normalized spacial score (nSPS) is 11.7. The van der Waals surface area contributed by atoms with Crippen molar-refractivity contribution < 1.29 is 22.3 Å². The molecule has 142 valence electrons. The maximum Gasteiger partial charge on any atom is 0.416 e. The van der Waals surface area contributed by atoms with Gasteiger partial charge in [0.1, 0.15) is 17.1 Å². The fourth-order valence-electron chi connectivity index (χ4n) is 2.58. The van der Waals surface area contributed by atoms with Gasteiger partial charge in [-0.1, -0.05) is 28.1 Å². The van der Waals surface area contributed by atoms with Gasteiger partial charge in [-0.3, -0.25) is 4.79 Å². The molecule has 27 heavy (non-hydrogen) atoms. The van der Waals surface area contributed by atoms with Gasteiger partial charge in [-0.2, -0.15) is 13.2 Å². The van der Waals surface area contributed by atoms with Crippen LogP contribution < -0.4 is 10.2 Å². The highest BCUT2D eigenvalue weighted by molar-refractivity contribution is 9.09. The van der Waals surface area contributed by atoms with E-state index in [9.17, 15) is 18.0 Å². The minimum atomic E-state index is -4.41. The minimum Gasteiger partial charge on any atom is -0.494 e. The van der Waals surface area contributed by atoms with Crippen LogP contribution in [0.1, 0.15) is 18.4 Å². The molecule has 0 atom stereocenters. The van der Waals surface area contributed by atoms with E-state index < -0.39 is 11.7 Å². The molecule has 1 aromatic heterocycles. The van der Waals surface area contributed by atoms with Crippen LogP contribution in [0.4, 0.5) is 13.2 Å². The molecule has 0 spiro atoms. The Morgan fingerprint density at radius 1 is 1.00 bits per heavy atom. The molecule has 0 saturated heterocycles. The third-order valence-electron chi connectivity index (χ3n) is 3.99. The number of ether oxygens (including phenoxy) is 1. The highest BCUT2D eigenvalue weighted by atomic mass is 79.9. The van der Waals surface area contributed by atoms with Gasteiger partial charge in [0, 0.05) is 17.0 Å². The van der Waals surface area contributed by atoms with Crippen LogP contribution in [-0.2, 0) is 6.18 Å². The number of halogens is 4. The summed E-state index contributed by atoms with van der Waals surface area (Å²) in [6.45, 7) is 0.548. The van der Waals surface area contributed by atoms with Gasteiger partial charge in [0.05, 0.1) is 17.6 Å². The van der Waals surface area contributed by atoms with Crippen molar-refractivity contribution in [2.45, 2.75) is 19.0 Å². The van der Waals surface area contributed by atoms with Crippen LogP contribution >= 0.6 is 15.9 Å². The molecule has 7 heteroatoms. The average Bonchev–Trinajstić information content (AvgIpc) is 2.65. The van der Waals surface area contributed by atoms with Gasteiger partial charge in [0.2, 0.25) is 0 Å². The van der Waals surface area contributed by atoms with E-state index in [0.717, 1.165) is 30.3 Å². The lowest BCUT2D eigenvalue weighted by molar-refractivity contribution is -0.137. The predicted octanol–water partition coefficient (Wildman–Crippen LogP) is 6.03. The molecule has 1 heterocycles. The Morgan fingerprint density at radius 2 is 1.74 bits per heavy atom. The number of benzene rings is 2. The summed E-state index contributed by atoms with van der Waals surface area (Å²) in [5, 5.41) is 1.27. The molecule has 0 N–H and O–H groups in total. The fourth-order valence-corrected chi connectivity index (χ4v) is 2.97. The molecule has 0 aliphatic heterocycles. The first kappa shape index (κ1) is 19.5. The summed E-state index contributed by atoms with van der Waals surface area (Å²) in [7, 11) is 0. The van der Waals surface area contributed by atoms with E-state index in [1.165, 1.54) is 18.2 Å². The zero-order valence-electron chi connectivity index (χ0n) is 14.2. The second-order valence-electron chi connectivity index (χ2n) is 5.95. The summed E-state index contributed by atoms with van der Waals surface area (Å²) in [6.07, 6.45) is -2.52. The maximum absolute atomic E-state index is 12.7. The van der Waals surface area contributed by atoms with Crippen molar-refractivity contribution >= 4 is 26.9 Å². The third kappa shape index (κ3) is 4.71. The smallest absolute Gasteiger partial charge is 0.416 e. The number of hydrogen-bond donors (Lipinski definition) is 0. The molecule has 3 rings (SSSR count). The molecule has 3 aromatic rings. The molecule has 0 aliphatic rings. The molecule has 3 nitrogen and oxygen atoms in total. The zero-order valence-corrected chi connectivity index (χ0v) is 15.8. The molecular weight excluding hydrogens is 425 g/mol. The van der Waals surface area contributed by atoms with E-state index in [2.05, 4.69) is 15.9 Å². The van der Waals surface area contributed by atoms with Crippen LogP contribution in [0, 0.1) is 0 Å². The quantitative estimate of drug-likeness (QED) is 0.346. The van der Waals surface area contributed by atoms with Crippen molar-refractivity contribution in [3.63, 3.8) is 0 Å². The summed E-state index contributed by atoms with van der Waals surface area (Å²) in [4.78, 5) is 12.4. The fraction of sp³-hybridized carbons (Fsp3) is 0.250. The molecule has 2 aromatic carbocycles. The number of rotatable bonds is 6. The number of alkyl halides is 4. The summed E-state index contributed by atoms with van der Waals surface area (Å²) >= 11 is 3.35. The molecule has 0 radical (unpaired) electrons. The van der Waals surface area contributed by atoms with Crippen molar-refractivity contribution in [3.05, 3.63) is 64.3 Å². The van der Waals surface area contributed by atoms with Gasteiger partial charge in [-0.25, -0.2) is 0 Å². The summed E-state index contributed by atoms with van der Waals surface area (Å²) in [5.41, 5.74) is -0.282. The van der Waals surface area contributed by atoms with Crippen LogP contribution in [-0.4, -0.2) is 11.9 Å². The lowest BCUT2D eigenvalue weighted by Crippen LogP contribution is -2.04. The van der Waals surface area contributed by atoms with Gasteiger partial charge in [0.25, 0.3) is 0 Å². The largest absolute Gasteiger partial charge is 0.494 e. The Labute approximate surface area is 161 Å². The van der Waals surface area contributed by atoms with E-state index in [4.69, 9.17) is 9.15 Å². The monoisotopic (exact) mass is 440 g/mol. The van der Waals surface area contributed by atoms with Crippen LogP contribution in [0.25, 0.3) is 22.3 Å². The van der Waals surface area contributed by atoms with Crippen LogP contribution in [0.3, 0.4) is 0 Å². The van der Waals surface area contributed by atoms with Crippen molar-refractivity contribution in [2.75, 3.05) is 11.9 Å². The zero-order chi connectivity index (χ0) is 19.4. The standard InChI is InChI=1S/C20H16BrF3O3/c21-9-1-2-10-26-15-7-8-18-16(11-15)17(25)12-19(27-18)13-3-5-14(6-4-13)20(22,23)24/h3-8,11-12H,1-2,9-10H2. The Balaban J connectivity index is 1.87. The van der Waals surface area contributed by atoms with Gasteiger partial charge in [0.15, 0.2) is 5.43 Å². The van der Waals surface area contributed by atoms with Gasteiger partial charge >= 0.3 is 6.18 Å². The van der Waals surface area contributed by atoms with Gasteiger partial charge in [-0.15, -0.1) is 0 Å². The minimum absolute atomic E-state index is 0.215. The van der Waals surface area contributed by atoms with Crippen LogP contribution in [0.15, 0.2) is 57.7 Å². The van der Waals surface area contributed by atoms with E-state index in [-0.39, 0.29) is 11.2 Å². The first-order valence-corrected chi connectivity index (χ1v) is 9.45. The van der Waals surface area contributed by atoms with E-state index in [1.54, 1.807) is 18.2 Å². The highest BCUT2D eigenvalue weighted by Gasteiger charge is 2.30. The molecule has 0 unspecified atom stereocenters. The van der Waals surface area contributed by atoms with E-state index >= 15 is 0 Å². The Hall–Kier alpha value is -2.28. The van der Waals surface area contributed by atoms with Gasteiger partial charge < -0.3 is 9.15 Å². The number of fused-ring (bicyclic) bond motifs is 1. The van der Waals surface area contributed by atoms with Gasteiger partial charge in [-0.05, 0) is 43.2 Å². The summed E-state index contributed by atoms with van der Waals surface area (Å²) < 4.78 is 49.4. The lowest BCUT2D eigenvalue weighted by atomic mass is 10.1. The van der Waals surface area contributed by atoms with Crippen molar-refractivity contribution in [1.29, 1.82) is 0 Å². The maximum atomic E-state index is 12.7. The molecule has 0 saturated carbocycles. The predicted molar refractivity (Wildman–Crippen MR) is 101 cm³/mol. The summed E-state index contributed by atoms with van der Waals surface area (Å²) in [6, 6.07) is 10.7. The van der Waals surface area contributed by atoms with Crippen molar-refractivity contribution in [2.24, 2.45) is 0 Å². The third-order valence-corrected chi connectivity index (χ3v) is 4.55. The van der Waals surface area contributed by atoms with Crippen molar-refractivity contribution in [3.8, 4) is 17.1 Å². The lowest BCUT2D eigenvalue weighted by Gasteiger charge is -2.09. The van der Waals surface area contributed by atoms with Crippen LogP contribution in [0.2, 0.25) is 0 Å². The molecular formula is C20H16BrF3O3. The van der Waals surface area contributed by atoms with Crippen LogP contribution in [0.5, 0.6) is 5.75 Å². The summed E-state index contributed by atoms with van der Waals surface area (Å²) in [5.74, 6) is 0.791. The topological polar surface area (TPSA) is 39.4 Å². The second-order valence-corrected chi connectivity index (χ2v) is 6.75. The Bertz CT molecular complexity index is 978. The molecule has 0 amide bonds. The molecule has 0 bridgehead atoms. The second kappa shape index (κ2) is 8.17. The molecule has 0 fully saturated rings. The first-order chi connectivity index (χ1) is 12.9. The first-order valence-electron chi connectivity index (χ1n) is 8.33. The molecule has 0 aliphatic carbocycles. The SMILES string of the molecule is O=c1cc(-c2ccc(C(F)(F)F)cc2)oc2ccc(OCCCCBr)cc12. The van der Waals surface area contributed by atoms with E-state index in [0.29, 0.717) is 28.9 Å². The Kier molecular flexibility index (Phi) is 5.89. The van der Waals surface area contributed by atoms with Crippen molar-refractivity contribution in [1.82, 2.24) is 0 Å². The van der Waals surface area contributed by atoms with E-state index in [1.807, 2.05) is 0 Å².